The number of nitrogens with zero attached hydrogens (tertiary/aromatic N) is 4. The lowest BCUT2D eigenvalue weighted by molar-refractivity contribution is -0.134. The summed E-state index contributed by atoms with van der Waals surface area (Å²) in [6.45, 7) is 5.93. The minimum Gasteiger partial charge on any atom is -0.454 e. The van der Waals surface area contributed by atoms with E-state index in [1.165, 1.54) is 12.0 Å². The van der Waals surface area contributed by atoms with Gasteiger partial charge in [-0.3, -0.25) is 14.5 Å². The third-order valence-corrected chi connectivity index (χ3v) is 7.67. The number of carbonyl (C=O) groups is 2. The predicted octanol–water partition coefficient (Wildman–Crippen LogP) is 2.86. The quantitative estimate of drug-likeness (QED) is 0.661. The molecule has 0 unspecified atom stereocenters. The van der Waals surface area contributed by atoms with Crippen molar-refractivity contribution in [2.75, 3.05) is 55.9 Å². The maximum atomic E-state index is 13.2. The van der Waals surface area contributed by atoms with Crippen molar-refractivity contribution < 1.29 is 19.1 Å². The molecule has 2 aromatic carbocycles. The van der Waals surface area contributed by atoms with Crippen LogP contribution in [-0.2, 0) is 16.1 Å². The van der Waals surface area contributed by atoms with E-state index in [0.717, 1.165) is 62.0 Å². The zero-order chi connectivity index (χ0) is 23.8. The van der Waals surface area contributed by atoms with Crippen LogP contribution in [0.1, 0.15) is 31.2 Å². The van der Waals surface area contributed by atoms with Crippen LogP contribution in [0.15, 0.2) is 42.5 Å². The van der Waals surface area contributed by atoms with Gasteiger partial charge in [-0.2, -0.15) is 0 Å². The van der Waals surface area contributed by atoms with Crippen LogP contribution in [0.3, 0.4) is 0 Å². The SMILES string of the molecule is O=C(CCC(=O)N1C[C@@H]2CCCN2c2ccccc21)N1CCN(Cc2ccc3c(c2)OCO3)CC1. The summed E-state index contributed by atoms with van der Waals surface area (Å²) in [4.78, 5) is 34.7. The Bertz CT molecular complexity index is 1110. The first-order chi connectivity index (χ1) is 17.2. The molecule has 0 spiro atoms. The third-order valence-electron chi connectivity index (χ3n) is 7.67. The number of carbonyl (C=O) groups excluding carboxylic acids is 2. The maximum absolute atomic E-state index is 13.2. The molecule has 2 amide bonds. The van der Waals surface area contributed by atoms with Crippen molar-refractivity contribution in [2.45, 2.75) is 38.3 Å². The van der Waals surface area contributed by atoms with Crippen molar-refractivity contribution in [1.82, 2.24) is 9.80 Å². The molecule has 0 aliphatic carbocycles. The fraction of sp³-hybridized carbons (Fsp3) is 0.481. The van der Waals surface area contributed by atoms with Gasteiger partial charge >= 0.3 is 0 Å². The molecule has 0 radical (unpaired) electrons. The Morgan fingerprint density at radius 1 is 0.857 bits per heavy atom. The number of anilines is 2. The molecule has 8 heteroatoms. The third kappa shape index (κ3) is 4.43. The van der Waals surface area contributed by atoms with E-state index in [9.17, 15) is 9.59 Å². The molecule has 2 saturated heterocycles. The highest BCUT2D eigenvalue weighted by Crippen LogP contribution is 2.39. The number of hydrogen-bond donors (Lipinski definition) is 0. The lowest BCUT2D eigenvalue weighted by atomic mass is 10.1. The second-order valence-electron chi connectivity index (χ2n) is 9.83. The maximum Gasteiger partial charge on any atom is 0.231 e. The molecule has 0 bridgehead atoms. The summed E-state index contributed by atoms with van der Waals surface area (Å²) in [5, 5.41) is 0. The number of amides is 2. The number of hydrogen-bond acceptors (Lipinski definition) is 6. The lowest BCUT2D eigenvalue weighted by Crippen LogP contribution is -2.49. The van der Waals surface area contributed by atoms with Crippen LogP contribution < -0.4 is 19.3 Å². The van der Waals surface area contributed by atoms with E-state index in [1.807, 2.05) is 40.1 Å². The van der Waals surface area contributed by atoms with E-state index in [4.69, 9.17) is 9.47 Å². The Morgan fingerprint density at radius 2 is 1.63 bits per heavy atom. The highest BCUT2D eigenvalue weighted by Gasteiger charge is 2.36. The molecule has 4 heterocycles. The van der Waals surface area contributed by atoms with Gasteiger partial charge in [-0.25, -0.2) is 0 Å². The topological polar surface area (TPSA) is 65.6 Å². The van der Waals surface area contributed by atoms with Gasteiger partial charge in [-0.1, -0.05) is 18.2 Å². The summed E-state index contributed by atoms with van der Waals surface area (Å²) >= 11 is 0. The minimum absolute atomic E-state index is 0.0544. The molecule has 8 nitrogen and oxygen atoms in total. The monoisotopic (exact) mass is 476 g/mol. The Kier molecular flexibility index (Phi) is 5.98. The molecule has 0 N–H and O–H groups in total. The first kappa shape index (κ1) is 22.2. The smallest absolute Gasteiger partial charge is 0.231 e. The predicted molar refractivity (Wildman–Crippen MR) is 133 cm³/mol. The van der Waals surface area contributed by atoms with Crippen molar-refractivity contribution >= 4 is 23.2 Å². The Morgan fingerprint density at radius 3 is 2.49 bits per heavy atom. The molecule has 0 saturated carbocycles. The molecular weight excluding hydrogens is 444 g/mol. The number of ether oxygens (including phenoxy) is 2. The van der Waals surface area contributed by atoms with E-state index in [1.54, 1.807) is 0 Å². The largest absolute Gasteiger partial charge is 0.454 e. The summed E-state index contributed by atoms with van der Waals surface area (Å²) in [5.41, 5.74) is 3.32. The van der Waals surface area contributed by atoms with E-state index in [0.29, 0.717) is 19.1 Å². The number of rotatable bonds is 5. The average molecular weight is 477 g/mol. The van der Waals surface area contributed by atoms with Crippen LogP contribution in [0.2, 0.25) is 0 Å². The Hall–Kier alpha value is -3.26. The number of benzene rings is 2. The van der Waals surface area contributed by atoms with E-state index in [2.05, 4.69) is 21.9 Å². The number of fused-ring (bicyclic) bond motifs is 4. The molecule has 2 aromatic rings. The lowest BCUT2D eigenvalue weighted by Gasteiger charge is -2.40. The fourth-order valence-electron chi connectivity index (χ4n) is 5.78. The molecule has 1 atom stereocenters. The van der Waals surface area contributed by atoms with Gasteiger partial charge in [0.25, 0.3) is 0 Å². The molecule has 0 aromatic heterocycles. The van der Waals surface area contributed by atoms with E-state index in [-0.39, 0.29) is 31.4 Å². The van der Waals surface area contributed by atoms with Gasteiger partial charge in [0.2, 0.25) is 18.6 Å². The fourth-order valence-corrected chi connectivity index (χ4v) is 5.78. The zero-order valence-electron chi connectivity index (χ0n) is 20.0. The summed E-state index contributed by atoms with van der Waals surface area (Å²) in [6, 6.07) is 14.6. The van der Waals surface area contributed by atoms with Gasteiger partial charge < -0.3 is 24.2 Å². The summed E-state index contributed by atoms with van der Waals surface area (Å²) in [7, 11) is 0. The molecule has 4 aliphatic rings. The van der Waals surface area contributed by atoms with Crippen molar-refractivity contribution in [3.05, 3.63) is 48.0 Å². The van der Waals surface area contributed by atoms with Crippen LogP contribution in [0, 0.1) is 0 Å². The Balaban J connectivity index is 1.00. The van der Waals surface area contributed by atoms with E-state index < -0.39 is 0 Å². The first-order valence-electron chi connectivity index (χ1n) is 12.7. The van der Waals surface area contributed by atoms with Gasteiger partial charge in [0.1, 0.15) is 0 Å². The van der Waals surface area contributed by atoms with Gasteiger partial charge in [0, 0.05) is 64.7 Å². The molecule has 6 rings (SSSR count). The summed E-state index contributed by atoms with van der Waals surface area (Å²) in [5.74, 6) is 1.73. The molecule has 4 aliphatic heterocycles. The van der Waals surface area contributed by atoms with Crippen molar-refractivity contribution in [3.8, 4) is 11.5 Å². The standard InChI is InChI=1S/C27H32N4O4/c32-26(29-14-12-28(13-15-29)17-20-7-8-24-25(16-20)35-19-34-24)9-10-27(33)31-18-21-4-3-11-30(21)22-5-1-2-6-23(22)31/h1-2,5-8,16,21H,3-4,9-15,17-19H2/t21-/m0/s1. The molecular formula is C27H32N4O4. The molecule has 2 fully saturated rings. The first-order valence-corrected chi connectivity index (χ1v) is 12.7. The van der Waals surface area contributed by atoms with Crippen LogP contribution >= 0.6 is 0 Å². The van der Waals surface area contributed by atoms with Gasteiger partial charge in [0.15, 0.2) is 11.5 Å². The van der Waals surface area contributed by atoms with Gasteiger partial charge in [-0.05, 0) is 42.7 Å². The number of para-hydroxylation sites is 2. The normalized spacial score (nSPS) is 21.1. The van der Waals surface area contributed by atoms with Crippen LogP contribution in [-0.4, -0.2) is 73.7 Å². The molecule has 184 valence electrons. The average Bonchev–Trinajstić information content (AvgIpc) is 3.56. The second kappa shape index (κ2) is 9.41. The van der Waals surface area contributed by atoms with Gasteiger partial charge in [-0.15, -0.1) is 0 Å². The summed E-state index contributed by atoms with van der Waals surface area (Å²) < 4.78 is 10.9. The van der Waals surface area contributed by atoms with Gasteiger partial charge in [0.05, 0.1) is 11.4 Å². The van der Waals surface area contributed by atoms with Crippen LogP contribution in [0.4, 0.5) is 11.4 Å². The zero-order valence-corrected chi connectivity index (χ0v) is 20.0. The van der Waals surface area contributed by atoms with Crippen molar-refractivity contribution in [3.63, 3.8) is 0 Å². The van der Waals surface area contributed by atoms with Crippen LogP contribution in [0.5, 0.6) is 11.5 Å². The van der Waals surface area contributed by atoms with Crippen LogP contribution in [0.25, 0.3) is 0 Å². The Labute approximate surface area is 206 Å². The van der Waals surface area contributed by atoms with Crippen molar-refractivity contribution in [1.29, 1.82) is 0 Å². The second-order valence-corrected chi connectivity index (χ2v) is 9.83. The summed E-state index contributed by atoms with van der Waals surface area (Å²) in [6.07, 6.45) is 2.82. The molecule has 35 heavy (non-hydrogen) atoms. The number of piperazine rings is 1. The highest BCUT2D eigenvalue weighted by atomic mass is 16.7. The highest BCUT2D eigenvalue weighted by molar-refractivity contribution is 5.99. The van der Waals surface area contributed by atoms with E-state index >= 15 is 0 Å². The van der Waals surface area contributed by atoms with Crippen molar-refractivity contribution in [2.24, 2.45) is 0 Å². The minimum atomic E-state index is 0.0544.